The Bertz CT molecular complexity index is 1480. The second-order valence-electron chi connectivity index (χ2n) is 7.26. The summed E-state index contributed by atoms with van der Waals surface area (Å²) >= 11 is 17.7. The molecule has 0 radical (unpaired) electrons. The number of carbonyl (C=O) groups is 1. The van der Waals surface area contributed by atoms with E-state index in [2.05, 4.69) is 5.32 Å². The van der Waals surface area contributed by atoms with Crippen molar-refractivity contribution in [2.45, 2.75) is 6.18 Å². The maximum Gasteiger partial charge on any atom is 0.450 e. The molecule has 1 amide bonds. The molecule has 3 aromatic carbocycles. The molecule has 0 atom stereocenters. The first-order chi connectivity index (χ1) is 16.5. The van der Waals surface area contributed by atoms with Crippen molar-refractivity contribution < 1.29 is 27.1 Å². The maximum atomic E-state index is 13.8. The zero-order valence-electron chi connectivity index (χ0n) is 17.4. The van der Waals surface area contributed by atoms with Crippen LogP contribution in [0.2, 0.25) is 15.1 Å². The average Bonchev–Trinajstić information content (AvgIpc) is 2.80. The Balaban J connectivity index is 1.64. The van der Waals surface area contributed by atoms with Crippen LogP contribution < -0.4 is 15.5 Å². The fraction of sp³-hybridized carbons (Fsp3) is 0.0833. The molecule has 5 nitrogen and oxygen atoms in total. The van der Waals surface area contributed by atoms with Crippen LogP contribution >= 0.6 is 34.8 Å². The minimum Gasteiger partial charge on any atom is -0.484 e. The SMILES string of the molecule is O=C(COc1ccc2c(=O)c(-c3ccc(Cl)cc3)c(C(F)(F)F)oc2c1)Nc1cc(Cl)ccc1Cl. The third kappa shape index (κ3) is 5.56. The molecule has 0 spiro atoms. The molecular weight excluding hydrogens is 530 g/mol. The Labute approximate surface area is 211 Å². The first-order valence-corrected chi connectivity index (χ1v) is 11.0. The van der Waals surface area contributed by atoms with Gasteiger partial charge in [-0.2, -0.15) is 13.2 Å². The predicted molar refractivity (Wildman–Crippen MR) is 129 cm³/mol. The summed E-state index contributed by atoms with van der Waals surface area (Å²) in [6.07, 6.45) is -4.95. The van der Waals surface area contributed by atoms with Crippen LogP contribution in [0, 0.1) is 0 Å². The number of anilines is 1. The molecule has 35 heavy (non-hydrogen) atoms. The Kier molecular flexibility index (Phi) is 6.98. The van der Waals surface area contributed by atoms with Crippen molar-refractivity contribution in [2.75, 3.05) is 11.9 Å². The van der Waals surface area contributed by atoms with Gasteiger partial charge < -0.3 is 14.5 Å². The van der Waals surface area contributed by atoms with Gasteiger partial charge in [-0.3, -0.25) is 9.59 Å². The molecule has 11 heteroatoms. The van der Waals surface area contributed by atoms with Crippen LogP contribution in [0.5, 0.6) is 5.75 Å². The summed E-state index contributed by atoms with van der Waals surface area (Å²) in [5.74, 6) is -2.03. The van der Waals surface area contributed by atoms with Gasteiger partial charge in [0.1, 0.15) is 11.3 Å². The van der Waals surface area contributed by atoms with E-state index < -0.39 is 35.4 Å². The topological polar surface area (TPSA) is 68.5 Å². The number of carbonyl (C=O) groups excluding carboxylic acids is 1. The van der Waals surface area contributed by atoms with Gasteiger partial charge in [0, 0.05) is 16.1 Å². The number of fused-ring (bicyclic) bond motifs is 1. The van der Waals surface area contributed by atoms with E-state index >= 15 is 0 Å². The molecule has 1 heterocycles. The van der Waals surface area contributed by atoms with Crippen LogP contribution in [-0.2, 0) is 11.0 Å². The van der Waals surface area contributed by atoms with Crippen LogP contribution in [0.3, 0.4) is 0 Å². The molecule has 0 bridgehead atoms. The molecule has 4 rings (SSSR count). The number of amides is 1. The summed E-state index contributed by atoms with van der Waals surface area (Å²) < 4.78 is 51.8. The number of alkyl halides is 3. The van der Waals surface area contributed by atoms with E-state index in [1.165, 1.54) is 48.5 Å². The van der Waals surface area contributed by atoms with Gasteiger partial charge in [-0.1, -0.05) is 46.9 Å². The summed E-state index contributed by atoms with van der Waals surface area (Å²) in [5.41, 5.74) is -1.58. The summed E-state index contributed by atoms with van der Waals surface area (Å²) in [4.78, 5) is 25.2. The summed E-state index contributed by atoms with van der Waals surface area (Å²) in [7, 11) is 0. The fourth-order valence-corrected chi connectivity index (χ4v) is 3.73. The number of nitrogens with one attached hydrogen (secondary N) is 1. The highest BCUT2D eigenvalue weighted by molar-refractivity contribution is 6.35. The van der Waals surface area contributed by atoms with E-state index in [0.717, 1.165) is 6.07 Å². The minimum atomic E-state index is -4.95. The number of benzene rings is 3. The number of hydrogen-bond acceptors (Lipinski definition) is 4. The first-order valence-electron chi connectivity index (χ1n) is 9.84. The van der Waals surface area contributed by atoms with Gasteiger partial charge >= 0.3 is 6.18 Å². The van der Waals surface area contributed by atoms with Crippen molar-refractivity contribution in [1.29, 1.82) is 0 Å². The molecule has 1 aromatic heterocycles. The lowest BCUT2D eigenvalue weighted by Crippen LogP contribution is -2.20. The van der Waals surface area contributed by atoms with E-state index in [0.29, 0.717) is 10.0 Å². The molecule has 0 aliphatic carbocycles. The number of rotatable bonds is 5. The largest absolute Gasteiger partial charge is 0.484 e. The number of ether oxygens (including phenoxy) is 1. The molecule has 0 unspecified atom stereocenters. The second-order valence-corrected chi connectivity index (χ2v) is 8.54. The monoisotopic (exact) mass is 541 g/mol. The van der Waals surface area contributed by atoms with Gasteiger partial charge in [-0.05, 0) is 48.0 Å². The Morgan fingerprint density at radius 3 is 2.31 bits per heavy atom. The molecular formula is C24H13Cl3F3NO4. The highest BCUT2D eigenvalue weighted by atomic mass is 35.5. The number of halogens is 6. The zero-order valence-corrected chi connectivity index (χ0v) is 19.6. The second kappa shape index (κ2) is 9.81. The Morgan fingerprint density at radius 2 is 1.63 bits per heavy atom. The van der Waals surface area contributed by atoms with Crippen molar-refractivity contribution in [3.05, 3.63) is 91.7 Å². The third-order valence-corrected chi connectivity index (χ3v) is 5.64. The Morgan fingerprint density at radius 1 is 0.943 bits per heavy atom. The van der Waals surface area contributed by atoms with E-state index in [4.69, 9.17) is 44.0 Å². The first kappa shape index (κ1) is 24.9. The van der Waals surface area contributed by atoms with E-state index in [1.54, 1.807) is 6.07 Å². The lowest BCUT2D eigenvalue weighted by atomic mass is 10.0. The molecule has 1 N–H and O–H groups in total. The van der Waals surface area contributed by atoms with Gasteiger partial charge in [0.2, 0.25) is 11.2 Å². The summed E-state index contributed by atoms with van der Waals surface area (Å²) in [5, 5.41) is 3.33. The fourth-order valence-electron chi connectivity index (χ4n) is 3.27. The predicted octanol–water partition coefficient (Wildman–Crippen LogP) is 7.46. The molecule has 0 saturated carbocycles. The van der Waals surface area contributed by atoms with Crippen LogP contribution in [0.4, 0.5) is 18.9 Å². The van der Waals surface area contributed by atoms with Crippen molar-refractivity contribution in [3.8, 4) is 16.9 Å². The quantitative estimate of drug-likeness (QED) is 0.284. The van der Waals surface area contributed by atoms with Crippen LogP contribution in [-0.4, -0.2) is 12.5 Å². The van der Waals surface area contributed by atoms with E-state index in [1.807, 2.05) is 0 Å². The van der Waals surface area contributed by atoms with Gasteiger partial charge in [-0.25, -0.2) is 0 Å². The lowest BCUT2D eigenvalue weighted by Gasteiger charge is -2.14. The van der Waals surface area contributed by atoms with Crippen molar-refractivity contribution in [2.24, 2.45) is 0 Å². The standard InChI is InChI=1S/C24H13Cl3F3NO4/c25-13-3-1-12(2-4-13)21-22(33)16-7-6-15(10-19(16)35-23(21)24(28,29)30)34-11-20(32)31-18-9-14(26)5-8-17(18)27/h1-10H,11H2,(H,31,32). The number of hydrogen-bond donors (Lipinski definition) is 1. The van der Waals surface area contributed by atoms with E-state index in [9.17, 15) is 22.8 Å². The molecule has 4 aromatic rings. The summed E-state index contributed by atoms with van der Waals surface area (Å²) in [6.45, 7) is -0.492. The molecule has 0 saturated heterocycles. The molecule has 0 fully saturated rings. The van der Waals surface area contributed by atoms with Crippen LogP contribution in [0.25, 0.3) is 22.1 Å². The smallest absolute Gasteiger partial charge is 0.450 e. The highest BCUT2D eigenvalue weighted by Gasteiger charge is 2.39. The average molecular weight is 543 g/mol. The molecule has 0 aliphatic heterocycles. The van der Waals surface area contributed by atoms with Gasteiger partial charge in [0.05, 0.1) is 21.7 Å². The van der Waals surface area contributed by atoms with Crippen molar-refractivity contribution in [3.63, 3.8) is 0 Å². The normalized spacial score (nSPS) is 11.5. The van der Waals surface area contributed by atoms with Gasteiger partial charge in [-0.15, -0.1) is 0 Å². The minimum absolute atomic E-state index is 0.00838. The van der Waals surface area contributed by atoms with Crippen molar-refractivity contribution in [1.82, 2.24) is 0 Å². The van der Waals surface area contributed by atoms with Crippen LogP contribution in [0.1, 0.15) is 5.76 Å². The van der Waals surface area contributed by atoms with Gasteiger partial charge in [0.15, 0.2) is 6.61 Å². The summed E-state index contributed by atoms with van der Waals surface area (Å²) in [6, 6.07) is 13.6. The van der Waals surface area contributed by atoms with Gasteiger partial charge in [0.25, 0.3) is 5.91 Å². The Hall–Kier alpha value is -3.20. The lowest BCUT2D eigenvalue weighted by molar-refractivity contribution is -0.152. The van der Waals surface area contributed by atoms with Crippen molar-refractivity contribution >= 4 is 57.4 Å². The molecule has 0 aliphatic rings. The maximum absolute atomic E-state index is 13.8. The van der Waals surface area contributed by atoms with E-state index in [-0.39, 0.29) is 33.0 Å². The third-order valence-electron chi connectivity index (χ3n) is 4.83. The zero-order chi connectivity index (χ0) is 25.3. The molecule has 180 valence electrons. The highest BCUT2D eigenvalue weighted by Crippen LogP contribution is 2.38. The van der Waals surface area contributed by atoms with Crippen LogP contribution in [0.15, 0.2) is 69.9 Å².